The van der Waals surface area contributed by atoms with E-state index in [1.54, 1.807) is 0 Å². The van der Waals surface area contributed by atoms with E-state index in [1.807, 2.05) is 56.6 Å². The molecule has 162 valence electrons. The summed E-state index contributed by atoms with van der Waals surface area (Å²) in [4.78, 5) is 41.9. The van der Waals surface area contributed by atoms with E-state index in [0.717, 1.165) is 11.1 Å². The van der Waals surface area contributed by atoms with Crippen molar-refractivity contribution >= 4 is 17.6 Å². The monoisotopic (exact) mass is 412 g/mol. The van der Waals surface area contributed by atoms with E-state index in [0.29, 0.717) is 56.6 Å². The first kappa shape index (κ1) is 20.9. The number of nitrogens with zero attached hydrogens (tertiary/aromatic N) is 2. The van der Waals surface area contributed by atoms with Gasteiger partial charge in [-0.25, -0.2) is 0 Å². The van der Waals surface area contributed by atoms with Gasteiger partial charge in [0.25, 0.3) is 0 Å². The number of fused-ring (bicyclic) bond motifs is 1. The molecule has 1 atom stereocenters. The van der Waals surface area contributed by atoms with Crippen LogP contribution in [0.15, 0.2) is 12.1 Å². The van der Waals surface area contributed by atoms with Gasteiger partial charge in [0.15, 0.2) is 5.78 Å². The van der Waals surface area contributed by atoms with E-state index in [4.69, 9.17) is 4.74 Å². The highest BCUT2D eigenvalue weighted by Gasteiger charge is 2.46. The Morgan fingerprint density at radius 1 is 1.10 bits per heavy atom. The number of carbonyl (C=O) groups is 3. The fourth-order valence-electron chi connectivity index (χ4n) is 4.94. The molecule has 3 aliphatic rings. The Morgan fingerprint density at radius 3 is 2.33 bits per heavy atom. The van der Waals surface area contributed by atoms with Crippen molar-refractivity contribution in [3.8, 4) is 5.75 Å². The Morgan fingerprint density at radius 2 is 1.73 bits per heavy atom. The molecule has 1 unspecified atom stereocenters. The third-order valence-corrected chi connectivity index (χ3v) is 6.98. The van der Waals surface area contributed by atoms with Crippen molar-refractivity contribution in [2.45, 2.75) is 71.4 Å². The van der Waals surface area contributed by atoms with Gasteiger partial charge in [-0.2, -0.15) is 0 Å². The van der Waals surface area contributed by atoms with Crippen LogP contribution in [-0.2, 0) is 9.59 Å². The molecule has 2 fully saturated rings. The maximum absolute atomic E-state index is 13.1. The largest absolute Gasteiger partial charge is 0.486 e. The number of benzene rings is 1. The highest BCUT2D eigenvalue weighted by Crippen LogP contribution is 2.41. The number of ketones is 1. The molecular weight excluding hydrogens is 380 g/mol. The van der Waals surface area contributed by atoms with Crippen molar-refractivity contribution in [1.82, 2.24) is 9.80 Å². The van der Waals surface area contributed by atoms with Gasteiger partial charge in [0.05, 0.1) is 17.9 Å². The molecule has 2 saturated heterocycles. The van der Waals surface area contributed by atoms with Gasteiger partial charge >= 0.3 is 0 Å². The minimum Gasteiger partial charge on any atom is -0.486 e. The zero-order chi connectivity index (χ0) is 21.8. The maximum Gasteiger partial charge on any atom is 0.227 e. The first-order valence-electron chi connectivity index (χ1n) is 10.9. The summed E-state index contributed by atoms with van der Waals surface area (Å²) in [5.41, 5.74) is 2.09. The smallest absolute Gasteiger partial charge is 0.227 e. The van der Waals surface area contributed by atoms with Crippen LogP contribution in [0.4, 0.5) is 0 Å². The molecule has 0 aromatic heterocycles. The van der Waals surface area contributed by atoms with Crippen LogP contribution in [0.1, 0.15) is 67.9 Å². The molecule has 2 amide bonds. The Hall–Kier alpha value is -2.37. The number of carbonyl (C=O) groups excluding carboxylic acids is 3. The molecule has 6 nitrogen and oxygen atoms in total. The number of aryl methyl sites for hydroxylation is 2. The summed E-state index contributed by atoms with van der Waals surface area (Å²) in [6.45, 7) is 11.6. The molecule has 0 bridgehead atoms. The summed E-state index contributed by atoms with van der Waals surface area (Å²) in [6.07, 6.45) is 1.93. The lowest BCUT2D eigenvalue weighted by Crippen LogP contribution is -2.53. The van der Waals surface area contributed by atoms with Crippen molar-refractivity contribution in [3.05, 3.63) is 28.8 Å². The number of Topliss-reactive ketones (excluding diaryl/α,β-unsaturated/α-hetero) is 1. The van der Waals surface area contributed by atoms with Crippen LogP contribution < -0.4 is 4.74 Å². The third kappa shape index (κ3) is 3.61. The number of rotatable bonds is 1. The van der Waals surface area contributed by atoms with Gasteiger partial charge in [-0.1, -0.05) is 0 Å². The van der Waals surface area contributed by atoms with Crippen molar-refractivity contribution in [2.75, 3.05) is 19.6 Å². The summed E-state index contributed by atoms with van der Waals surface area (Å²) < 4.78 is 6.38. The second-order valence-corrected chi connectivity index (χ2v) is 10.2. The van der Waals surface area contributed by atoms with Gasteiger partial charge in [0, 0.05) is 44.4 Å². The van der Waals surface area contributed by atoms with E-state index < -0.39 is 5.60 Å². The fourth-order valence-corrected chi connectivity index (χ4v) is 4.94. The Labute approximate surface area is 178 Å². The van der Waals surface area contributed by atoms with Crippen LogP contribution in [0.5, 0.6) is 5.75 Å². The molecule has 30 heavy (non-hydrogen) atoms. The molecule has 1 spiro atoms. The molecule has 0 aliphatic carbocycles. The number of hydrogen-bond acceptors (Lipinski definition) is 4. The first-order valence-corrected chi connectivity index (χ1v) is 10.9. The minimum atomic E-state index is -0.522. The number of piperidine rings is 1. The van der Waals surface area contributed by atoms with Crippen molar-refractivity contribution in [1.29, 1.82) is 0 Å². The quantitative estimate of drug-likeness (QED) is 0.710. The van der Waals surface area contributed by atoms with E-state index in [1.165, 1.54) is 0 Å². The van der Waals surface area contributed by atoms with Crippen LogP contribution >= 0.6 is 0 Å². The van der Waals surface area contributed by atoms with Crippen molar-refractivity contribution in [3.63, 3.8) is 0 Å². The number of hydrogen-bond donors (Lipinski definition) is 0. The third-order valence-electron chi connectivity index (χ3n) is 6.98. The number of ether oxygens (including phenoxy) is 1. The normalized spacial score (nSPS) is 23.6. The molecule has 0 radical (unpaired) electrons. The number of amides is 2. The molecule has 0 saturated carbocycles. The highest BCUT2D eigenvalue weighted by atomic mass is 16.5. The predicted molar refractivity (Wildman–Crippen MR) is 114 cm³/mol. The standard InChI is InChI=1S/C24H32N2O4/c1-15-10-18-19(27)13-24(30-20(18)11-16(15)2)6-8-25(9-7-24)22(29)17-12-21(28)26(14-17)23(3,4)5/h10-11,17H,6-9,12-14H2,1-5H3. The molecule has 3 heterocycles. The van der Waals surface area contributed by atoms with Gasteiger partial charge in [-0.05, 0) is 57.9 Å². The summed E-state index contributed by atoms with van der Waals surface area (Å²) in [5, 5.41) is 0. The molecular formula is C24H32N2O4. The number of likely N-dealkylation sites (tertiary alicyclic amines) is 2. The molecule has 4 rings (SSSR count). The van der Waals surface area contributed by atoms with Crippen LogP contribution in [0.2, 0.25) is 0 Å². The summed E-state index contributed by atoms with van der Waals surface area (Å²) in [5.74, 6) is 0.639. The Balaban J connectivity index is 1.43. The van der Waals surface area contributed by atoms with Gasteiger partial charge in [0.1, 0.15) is 11.4 Å². The lowest BCUT2D eigenvalue weighted by atomic mass is 9.81. The van der Waals surface area contributed by atoms with Crippen LogP contribution in [0.3, 0.4) is 0 Å². The maximum atomic E-state index is 13.1. The van der Waals surface area contributed by atoms with Crippen molar-refractivity contribution < 1.29 is 19.1 Å². The van der Waals surface area contributed by atoms with E-state index in [-0.39, 0.29) is 29.1 Å². The zero-order valence-corrected chi connectivity index (χ0v) is 18.7. The summed E-state index contributed by atoms with van der Waals surface area (Å²) in [6, 6.07) is 3.89. The lowest BCUT2D eigenvalue weighted by Gasteiger charge is -2.44. The summed E-state index contributed by atoms with van der Waals surface area (Å²) in [7, 11) is 0. The molecule has 6 heteroatoms. The summed E-state index contributed by atoms with van der Waals surface area (Å²) >= 11 is 0. The van der Waals surface area contributed by atoms with Gasteiger partial charge < -0.3 is 14.5 Å². The van der Waals surface area contributed by atoms with Crippen molar-refractivity contribution in [2.24, 2.45) is 5.92 Å². The van der Waals surface area contributed by atoms with Crippen LogP contribution in [0.25, 0.3) is 0 Å². The Kier molecular flexibility index (Phi) is 4.94. The molecule has 0 N–H and O–H groups in total. The average Bonchev–Trinajstić information content (AvgIpc) is 3.06. The zero-order valence-electron chi connectivity index (χ0n) is 18.7. The topological polar surface area (TPSA) is 66.9 Å². The first-order chi connectivity index (χ1) is 14.0. The van der Waals surface area contributed by atoms with Gasteiger partial charge in [-0.3, -0.25) is 14.4 Å². The van der Waals surface area contributed by atoms with E-state index in [2.05, 4.69) is 0 Å². The predicted octanol–water partition coefficient (Wildman–Crippen LogP) is 3.28. The minimum absolute atomic E-state index is 0.0535. The highest BCUT2D eigenvalue weighted by molar-refractivity contribution is 6.00. The fraction of sp³-hybridized carbons (Fsp3) is 0.625. The van der Waals surface area contributed by atoms with Crippen LogP contribution in [0, 0.1) is 19.8 Å². The lowest BCUT2D eigenvalue weighted by molar-refractivity contribution is -0.139. The second-order valence-electron chi connectivity index (χ2n) is 10.2. The van der Waals surface area contributed by atoms with Gasteiger partial charge in [0.2, 0.25) is 11.8 Å². The second kappa shape index (κ2) is 7.10. The molecule has 3 aliphatic heterocycles. The molecule has 1 aromatic carbocycles. The molecule has 1 aromatic rings. The van der Waals surface area contributed by atoms with E-state index >= 15 is 0 Å². The average molecular weight is 413 g/mol. The SMILES string of the molecule is Cc1cc2c(cc1C)C(=O)CC1(CCN(C(=O)C3CC(=O)N(C(C)(C)C)C3)CC1)O2. The van der Waals surface area contributed by atoms with Gasteiger partial charge in [-0.15, -0.1) is 0 Å². The van der Waals surface area contributed by atoms with Crippen LogP contribution in [-0.4, -0.2) is 58.2 Å². The van der Waals surface area contributed by atoms with E-state index in [9.17, 15) is 14.4 Å². The Bertz CT molecular complexity index is 907.